The summed E-state index contributed by atoms with van der Waals surface area (Å²) in [5.41, 5.74) is 1.55. The Morgan fingerprint density at radius 2 is 1.89 bits per heavy atom. The van der Waals surface area contributed by atoms with Crippen LogP contribution in [0.15, 0.2) is 24.3 Å². The summed E-state index contributed by atoms with van der Waals surface area (Å²) < 4.78 is 47.9. The molecule has 106 valence electrons. The fraction of sp³-hybridized carbons (Fsp3) is 0.455. The highest BCUT2D eigenvalue weighted by Gasteiger charge is 2.34. The number of sulfone groups is 1. The maximum absolute atomic E-state index is 11.8. The van der Waals surface area contributed by atoms with Gasteiger partial charge < -0.3 is 5.11 Å². The summed E-state index contributed by atoms with van der Waals surface area (Å²) >= 11 is 0. The lowest BCUT2D eigenvalue weighted by Crippen LogP contribution is -2.37. The zero-order valence-corrected chi connectivity index (χ0v) is 11.9. The van der Waals surface area contributed by atoms with E-state index in [2.05, 4.69) is 4.72 Å². The van der Waals surface area contributed by atoms with E-state index in [0.717, 1.165) is 11.8 Å². The number of rotatable bonds is 4. The number of aliphatic hydroxyl groups excluding tert-OH is 1. The van der Waals surface area contributed by atoms with Crippen LogP contribution >= 0.6 is 0 Å². The molecule has 0 aromatic heterocycles. The summed E-state index contributed by atoms with van der Waals surface area (Å²) in [4.78, 5) is 0. The summed E-state index contributed by atoms with van der Waals surface area (Å²) in [6.45, 7) is 0. The molecule has 0 aliphatic heterocycles. The van der Waals surface area contributed by atoms with E-state index in [4.69, 9.17) is 0 Å². The first-order valence-corrected chi connectivity index (χ1v) is 9.33. The first kappa shape index (κ1) is 14.4. The van der Waals surface area contributed by atoms with Crippen LogP contribution in [-0.2, 0) is 26.3 Å². The molecule has 1 aromatic rings. The molecule has 0 heterocycles. The van der Waals surface area contributed by atoms with Crippen molar-refractivity contribution in [1.82, 2.24) is 4.72 Å². The molecule has 1 aliphatic rings. The minimum atomic E-state index is -4.00. The van der Waals surface area contributed by atoms with Crippen LogP contribution in [0.5, 0.6) is 0 Å². The van der Waals surface area contributed by atoms with Gasteiger partial charge in [-0.15, -0.1) is 0 Å². The van der Waals surface area contributed by atoms with E-state index in [1.54, 1.807) is 18.2 Å². The number of benzene rings is 1. The van der Waals surface area contributed by atoms with Crippen LogP contribution in [0.2, 0.25) is 0 Å². The third-order valence-corrected chi connectivity index (χ3v) is 6.45. The normalized spacial score (nSPS) is 23.3. The average Bonchev–Trinajstić information content (AvgIpc) is 2.52. The Kier molecular flexibility index (Phi) is 3.69. The molecule has 0 saturated carbocycles. The third kappa shape index (κ3) is 3.53. The largest absolute Gasteiger partial charge is 0.391 e. The number of fused-ring (bicyclic) bond motifs is 1. The van der Waals surface area contributed by atoms with Crippen molar-refractivity contribution in [3.8, 4) is 0 Å². The summed E-state index contributed by atoms with van der Waals surface area (Å²) in [6, 6.07) is 6.29. The summed E-state index contributed by atoms with van der Waals surface area (Å²) in [7, 11) is -7.65. The molecule has 0 bridgehead atoms. The molecule has 6 nitrogen and oxygen atoms in total. The zero-order valence-electron chi connectivity index (χ0n) is 10.3. The quantitative estimate of drug-likeness (QED) is 0.786. The molecule has 0 saturated heterocycles. The van der Waals surface area contributed by atoms with E-state index in [-0.39, 0.29) is 0 Å². The Balaban J connectivity index is 2.25. The molecule has 0 unspecified atom stereocenters. The van der Waals surface area contributed by atoms with Crippen LogP contribution in [0.25, 0.3) is 0 Å². The molecule has 1 aromatic carbocycles. The topological polar surface area (TPSA) is 101 Å². The Hall–Kier alpha value is -0.960. The van der Waals surface area contributed by atoms with Gasteiger partial charge in [-0.3, -0.25) is 0 Å². The lowest BCUT2D eigenvalue weighted by atomic mass is 10.1. The van der Waals surface area contributed by atoms with E-state index in [1.807, 2.05) is 6.07 Å². The second-order valence-electron chi connectivity index (χ2n) is 4.72. The van der Waals surface area contributed by atoms with Gasteiger partial charge >= 0.3 is 0 Å². The number of hydrogen-bond donors (Lipinski definition) is 2. The van der Waals surface area contributed by atoms with Crippen molar-refractivity contribution in [2.45, 2.75) is 18.6 Å². The Morgan fingerprint density at radius 3 is 2.53 bits per heavy atom. The van der Waals surface area contributed by atoms with Crippen LogP contribution in [-0.4, -0.2) is 39.4 Å². The number of hydrogen-bond acceptors (Lipinski definition) is 5. The average molecular weight is 305 g/mol. The fourth-order valence-electron chi connectivity index (χ4n) is 2.23. The molecule has 0 amide bonds. The number of sulfonamides is 1. The van der Waals surface area contributed by atoms with Gasteiger partial charge in [-0.2, -0.15) is 0 Å². The molecule has 2 rings (SSSR count). The van der Waals surface area contributed by atoms with Gasteiger partial charge in [0, 0.05) is 12.7 Å². The molecule has 0 spiro atoms. The van der Waals surface area contributed by atoms with E-state index < -0.39 is 37.1 Å². The van der Waals surface area contributed by atoms with Gasteiger partial charge in [0.2, 0.25) is 10.0 Å². The smallest absolute Gasteiger partial charge is 0.226 e. The summed E-state index contributed by atoms with van der Waals surface area (Å²) in [6.07, 6.45) is 0.319. The number of nitrogens with one attached hydrogen (secondary N) is 1. The third-order valence-electron chi connectivity index (χ3n) is 2.88. The molecule has 0 fully saturated rings. The predicted molar refractivity (Wildman–Crippen MR) is 70.7 cm³/mol. The minimum absolute atomic E-state index is 0.349. The van der Waals surface area contributed by atoms with Crippen LogP contribution < -0.4 is 4.72 Å². The predicted octanol–water partition coefficient (Wildman–Crippen LogP) is -0.434. The summed E-state index contributed by atoms with van der Waals surface area (Å²) in [5, 5.41) is 8.91. The van der Waals surface area contributed by atoms with E-state index in [0.29, 0.717) is 12.0 Å². The second-order valence-corrected chi connectivity index (χ2v) is 8.98. The Labute approximate surface area is 112 Å². The van der Waals surface area contributed by atoms with Crippen LogP contribution in [0.3, 0.4) is 0 Å². The van der Waals surface area contributed by atoms with E-state index in [9.17, 15) is 21.9 Å². The van der Waals surface area contributed by atoms with E-state index >= 15 is 0 Å². The van der Waals surface area contributed by atoms with Crippen LogP contribution in [0.1, 0.15) is 17.2 Å². The molecule has 2 atom stereocenters. The fourth-order valence-corrected chi connectivity index (χ4v) is 5.42. The molecule has 2 N–H and O–H groups in total. The first-order valence-electron chi connectivity index (χ1n) is 5.61. The maximum Gasteiger partial charge on any atom is 0.226 e. The van der Waals surface area contributed by atoms with Crippen LogP contribution in [0.4, 0.5) is 0 Å². The lowest BCUT2D eigenvalue weighted by molar-refractivity contribution is 0.151. The number of aliphatic hydroxyl groups is 1. The van der Waals surface area contributed by atoms with Gasteiger partial charge in [-0.05, 0) is 11.1 Å². The van der Waals surface area contributed by atoms with Gasteiger partial charge in [0.05, 0.1) is 12.1 Å². The van der Waals surface area contributed by atoms with Gasteiger partial charge in [0.1, 0.15) is 0 Å². The second kappa shape index (κ2) is 4.86. The van der Waals surface area contributed by atoms with Crippen molar-refractivity contribution < 1.29 is 21.9 Å². The molecule has 0 radical (unpaired) electrons. The van der Waals surface area contributed by atoms with Crippen molar-refractivity contribution in [1.29, 1.82) is 0 Å². The van der Waals surface area contributed by atoms with Gasteiger partial charge in [-0.25, -0.2) is 21.6 Å². The van der Waals surface area contributed by atoms with Gasteiger partial charge in [0.25, 0.3) is 0 Å². The molecule has 19 heavy (non-hydrogen) atoms. The van der Waals surface area contributed by atoms with Crippen LogP contribution in [0, 0.1) is 0 Å². The molecule has 1 aliphatic carbocycles. The van der Waals surface area contributed by atoms with Gasteiger partial charge in [-0.1, -0.05) is 24.3 Å². The molecular weight excluding hydrogens is 290 g/mol. The van der Waals surface area contributed by atoms with Crippen molar-refractivity contribution in [3.63, 3.8) is 0 Å². The van der Waals surface area contributed by atoms with Crippen molar-refractivity contribution in [2.24, 2.45) is 0 Å². The Bertz CT molecular complexity index is 681. The SMILES string of the molecule is CS(=O)(=O)CS(=O)(=O)N[C@@H]1c2ccccc2C[C@@H]1O. The maximum atomic E-state index is 11.8. The minimum Gasteiger partial charge on any atom is -0.391 e. The monoisotopic (exact) mass is 305 g/mol. The van der Waals surface area contributed by atoms with Crippen molar-refractivity contribution >= 4 is 19.9 Å². The Morgan fingerprint density at radius 1 is 1.26 bits per heavy atom. The summed E-state index contributed by atoms with van der Waals surface area (Å²) in [5.74, 6) is 0. The standard InChI is InChI=1S/C11H15NO5S2/c1-18(14,15)7-19(16,17)12-11-9-5-3-2-4-8(9)6-10(11)13/h2-5,10-13H,6-7H2,1H3/t10-,11+/m0/s1. The van der Waals surface area contributed by atoms with Gasteiger partial charge in [0.15, 0.2) is 14.9 Å². The van der Waals surface area contributed by atoms with Crippen molar-refractivity contribution in [2.75, 3.05) is 11.3 Å². The zero-order chi connectivity index (χ0) is 14.3. The lowest BCUT2D eigenvalue weighted by Gasteiger charge is -2.17. The molecule has 8 heteroatoms. The molecular formula is C11H15NO5S2. The van der Waals surface area contributed by atoms with Crippen molar-refractivity contribution in [3.05, 3.63) is 35.4 Å². The highest BCUT2D eigenvalue weighted by molar-refractivity contribution is 8.06. The highest BCUT2D eigenvalue weighted by atomic mass is 32.3. The first-order chi connectivity index (χ1) is 8.68. The van der Waals surface area contributed by atoms with E-state index in [1.165, 1.54) is 0 Å². The highest BCUT2D eigenvalue weighted by Crippen LogP contribution is 2.31.